The topological polar surface area (TPSA) is 118 Å². The van der Waals surface area contributed by atoms with Crippen LogP contribution in [0.5, 0.6) is 5.75 Å². The van der Waals surface area contributed by atoms with E-state index in [4.69, 9.17) is 5.73 Å². The highest BCUT2D eigenvalue weighted by molar-refractivity contribution is 6.06. The summed E-state index contributed by atoms with van der Waals surface area (Å²) in [6.45, 7) is 1.80. The Labute approximate surface area is 120 Å². The number of nitrogens with two attached hydrogens (primary N) is 1. The number of nitrogen functional groups attached to an aromatic ring is 1. The third-order valence-electron chi connectivity index (χ3n) is 3.00. The Balaban J connectivity index is 2.36. The number of benzene rings is 2. The lowest BCUT2D eigenvalue weighted by Crippen LogP contribution is -2.13. The van der Waals surface area contributed by atoms with E-state index < -0.39 is 10.8 Å². The minimum absolute atomic E-state index is 0.244. The number of phenols is 1. The van der Waals surface area contributed by atoms with E-state index in [2.05, 4.69) is 5.32 Å². The van der Waals surface area contributed by atoms with Gasteiger partial charge >= 0.3 is 0 Å². The van der Waals surface area contributed by atoms with Crippen molar-refractivity contribution in [2.24, 2.45) is 0 Å². The summed E-state index contributed by atoms with van der Waals surface area (Å²) in [5, 5.41) is 22.9. The second-order valence-electron chi connectivity index (χ2n) is 4.45. The highest BCUT2D eigenvalue weighted by Crippen LogP contribution is 2.33. The minimum Gasteiger partial charge on any atom is -0.505 e. The molecular formula is C14H13N3O4. The van der Waals surface area contributed by atoms with E-state index in [-0.39, 0.29) is 22.7 Å². The number of carbonyl (C=O) groups excluding carboxylic acids is 1. The first kappa shape index (κ1) is 14.3. The van der Waals surface area contributed by atoms with E-state index in [9.17, 15) is 20.0 Å². The first-order chi connectivity index (χ1) is 9.90. The van der Waals surface area contributed by atoms with Gasteiger partial charge in [0.05, 0.1) is 4.92 Å². The summed E-state index contributed by atoms with van der Waals surface area (Å²) in [7, 11) is 0. The molecular weight excluding hydrogens is 274 g/mol. The van der Waals surface area contributed by atoms with Crippen LogP contribution in [0.25, 0.3) is 0 Å². The lowest BCUT2D eigenvalue weighted by atomic mass is 10.1. The summed E-state index contributed by atoms with van der Waals surface area (Å²) >= 11 is 0. The fourth-order valence-electron chi connectivity index (χ4n) is 1.78. The quantitative estimate of drug-likeness (QED) is 0.347. The Morgan fingerprint density at radius 1 is 1.33 bits per heavy atom. The van der Waals surface area contributed by atoms with E-state index in [0.29, 0.717) is 5.69 Å². The average molecular weight is 287 g/mol. The highest BCUT2D eigenvalue weighted by atomic mass is 16.6. The van der Waals surface area contributed by atoms with Gasteiger partial charge in [0, 0.05) is 17.3 Å². The van der Waals surface area contributed by atoms with Crippen molar-refractivity contribution in [3.05, 3.63) is 57.6 Å². The summed E-state index contributed by atoms with van der Waals surface area (Å²) in [6, 6.07) is 8.46. The molecule has 0 heterocycles. The maximum atomic E-state index is 12.1. The van der Waals surface area contributed by atoms with Gasteiger partial charge in [-0.15, -0.1) is 0 Å². The Hall–Kier alpha value is -3.09. The predicted octanol–water partition coefficient (Wildman–Crippen LogP) is 2.44. The van der Waals surface area contributed by atoms with Crippen LogP contribution in [0.1, 0.15) is 15.9 Å². The van der Waals surface area contributed by atoms with Crippen LogP contribution in [-0.2, 0) is 0 Å². The number of amides is 1. The zero-order valence-electron chi connectivity index (χ0n) is 11.2. The molecule has 0 aliphatic heterocycles. The zero-order chi connectivity index (χ0) is 15.6. The number of aryl methyl sites for hydroxylation is 1. The number of nitro benzene ring substituents is 1. The summed E-state index contributed by atoms with van der Waals surface area (Å²) < 4.78 is 0. The van der Waals surface area contributed by atoms with Crippen molar-refractivity contribution < 1.29 is 14.8 Å². The number of nitrogens with one attached hydrogen (secondary N) is 1. The van der Waals surface area contributed by atoms with Crippen molar-refractivity contribution in [2.45, 2.75) is 6.92 Å². The second-order valence-corrected chi connectivity index (χ2v) is 4.45. The van der Waals surface area contributed by atoms with Gasteiger partial charge in [0.2, 0.25) is 0 Å². The number of carbonyl (C=O) groups is 1. The SMILES string of the molecule is Cc1ccc(C(=O)Nc2c(O)cccc2[N+](=O)[O-])cc1N. The van der Waals surface area contributed by atoms with Gasteiger partial charge in [-0.3, -0.25) is 14.9 Å². The van der Waals surface area contributed by atoms with Crippen LogP contribution in [0.2, 0.25) is 0 Å². The Kier molecular flexibility index (Phi) is 3.75. The van der Waals surface area contributed by atoms with Crippen molar-refractivity contribution in [2.75, 3.05) is 11.1 Å². The molecule has 0 aliphatic rings. The Bertz CT molecular complexity index is 728. The number of para-hydroxylation sites is 1. The van der Waals surface area contributed by atoms with E-state index in [1.54, 1.807) is 19.1 Å². The molecule has 7 nitrogen and oxygen atoms in total. The average Bonchev–Trinajstić information content (AvgIpc) is 2.43. The largest absolute Gasteiger partial charge is 0.505 e. The van der Waals surface area contributed by atoms with Crippen LogP contribution < -0.4 is 11.1 Å². The Morgan fingerprint density at radius 3 is 2.67 bits per heavy atom. The second kappa shape index (κ2) is 5.49. The molecule has 2 aromatic rings. The van der Waals surface area contributed by atoms with Crippen LogP contribution in [-0.4, -0.2) is 15.9 Å². The van der Waals surface area contributed by atoms with Crippen molar-refractivity contribution in [1.29, 1.82) is 0 Å². The molecule has 0 spiro atoms. The number of nitrogens with zero attached hydrogens (tertiary/aromatic N) is 1. The van der Waals surface area contributed by atoms with Crippen LogP contribution >= 0.6 is 0 Å². The summed E-state index contributed by atoms with van der Waals surface area (Å²) in [5.41, 5.74) is 6.60. The number of hydrogen-bond donors (Lipinski definition) is 3. The van der Waals surface area contributed by atoms with Gasteiger partial charge in [0.15, 0.2) is 5.69 Å². The maximum Gasteiger partial charge on any atom is 0.296 e. The van der Waals surface area contributed by atoms with E-state index in [0.717, 1.165) is 5.56 Å². The molecule has 0 saturated heterocycles. The fraction of sp³-hybridized carbons (Fsp3) is 0.0714. The molecule has 0 aliphatic carbocycles. The maximum absolute atomic E-state index is 12.1. The minimum atomic E-state index is -0.682. The van der Waals surface area contributed by atoms with Crippen LogP contribution in [0.15, 0.2) is 36.4 Å². The smallest absolute Gasteiger partial charge is 0.296 e. The third kappa shape index (κ3) is 2.92. The summed E-state index contributed by atoms with van der Waals surface area (Å²) in [4.78, 5) is 22.3. The van der Waals surface area contributed by atoms with Gasteiger partial charge in [0.25, 0.3) is 11.6 Å². The fourth-order valence-corrected chi connectivity index (χ4v) is 1.78. The molecule has 0 aromatic heterocycles. The van der Waals surface area contributed by atoms with E-state index in [1.165, 1.54) is 24.3 Å². The van der Waals surface area contributed by atoms with Crippen LogP contribution in [0, 0.1) is 17.0 Å². The molecule has 4 N–H and O–H groups in total. The van der Waals surface area contributed by atoms with E-state index in [1.807, 2.05) is 0 Å². The van der Waals surface area contributed by atoms with Crippen molar-refractivity contribution in [1.82, 2.24) is 0 Å². The molecule has 0 radical (unpaired) electrons. The highest BCUT2D eigenvalue weighted by Gasteiger charge is 2.20. The first-order valence-corrected chi connectivity index (χ1v) is 6.04. The first-order valence-electron chi connectivity index (χ1n) is 6.04. The Morgan fingerprint density at radius 2 is 2.05 bits per heavy atom. The molecule has 0 fully saturated rings. The summed E-state index contributed by atoms with van der Waals surface area (Å²) in [5.74, 6) is -0.969. The van der Waals surface area contributed by atoms with Crippen molar-refractivity contribution in [3.63, 3.8) is 0 Å². The van der Waals surface area contributed by atoms with Gasteiger partial charge in [-0.25, -0.2) is 0 Å². The summed E-state index contributed by atoms with van der Waals surface area (Å²) in [6.07, 6.45) is 0. The van der Waals surface area contributed by atoms with Crippen LogP contribution in [0.3, 0.4) is 0 Å². The van der Waals surface area contributed by atoms with Crippen molar-refractivity contribution in [3.8, 4) is 5.75 Å². The number of hydrogen-bond acceptors (Lipinski definition) is 5. The lowest BCUT2D eigenvalue weighted by molar-refractivity contribution is -0.384. The standard InChI is InChI=1S/C14H13N3O4/c1-8-5-6-9(7-10(8)15)14(19)16-13-11(17(20)21)3-2-4-12(13)18/h2-7,18H,15H2,1H3,(H,16,19). The molecule has 108 valence electrons. The molecule has 2 aromatic carbocycles. The number of anilines is 2. The number of phenolic OH excluding ortho intramolecular Hbond substituents is 1. The van der Waals surface area contributed by atoms with Gasteiger partial charge in [-0.05, 0) is 30.7 Å². The molecule has 0 bridgehead atoms. The molecule has 0 atom stereocenters. The number of aromatic hydroxyl groups is 1. The predicted molar refractivity (Wildman–Crippen MR) is 78.3 cm³/mol. The molecule has 0 saturated carbocycles. The third-order valence-corrected chi connectivity index (χ3v) is 3.00. The number of rotatable bonds is 3. The normalized spacial score (nSPS) is 10.1. The van der Waals surface area contributed by atoms with Gasteiger partial charge in [-0.1, -0.05) is 12.1 Å². The van der Waals surface area contributed by atoms with Crippen molar-refractivity contribution >= 4 is 23.0 Å². The number of nitro groups is 1. The van der Waals surface area contributed by atoms with Gasteiger partial charge in [-0.2, -0.15) is 0 Å². The molecule has 2 rings (SSSR count). The monoisotopic (exact) mass is 287 g/mol. The van der Waals surface area contributed by atoms with Gasteiger partial charge < -0.3 is 16.2 Å². The van der Waals surface area contributed by atoms with E-state index >= 15 is 0 Å². The molecule has 1 amide bonds. The zero-order valence-corrected chi connectivity index (χ0v) is 11.2. The van der Waals surface area contributed by atoms with Crippen LogP contribution in [0.4, 0.5) is 17.1 Å². The lowest BCUT2D eigenvalue weighted by Gasteiger charge is -2.09. The molecule has 0 unspecified atom stereocenters. The molecule has 7 heteroatoms. The molecule has 21 heavy (non-hydrogen) atoms. The van der Waals surface area contributed by atoms with Gasteiger partial charge in [0.1, 0.15) is 5.75 Å².